The smallest absolute Gasteiger partial charge is 0.144 e. The summed E-state index contributed by atoms with van der Waals surface area (Å²) < 4.78 is 1.03. The highest BCUT2D eigenvalue weighted by molar-refractivity contribution is 9.11. The second kappa shape index (κ2) is 8.26. The minimum Gasteiger partial charge on any atom is -0.506 e. The monoisotopic (exact) mass is 446 g/mol. The van der Waals surface area contributed by atoms with Gasteiger partial charge >= 0.3 is 0 Å². The highest BCUT2D eigenvalue weighted by Gasteiger charge is 2.04. The van der Waals surface area contributed by atoms with E-state index in [-0.39, 0.29) is 5.75 Å². The van der Waals surface area contributed by atoms with Gasteiger partial charge in [0, 0.05) is 0 Å². The third-order valence-corrected chi connectivity index (χ3v) is 4.06. The van der Waals surface area contributed by atoms with Crippen LogP contribution in [0.1, 0.15) is 11.1 Å². The zero-order valence-corrected chi connectivity index (χ0v) is 14.9. The summed E-state index contributed by atoms with van der Waals surface area (Å²) in [5.74, 6) is 0.115. The van der Waals surface area contributed by atoms with Gasteiger partial charge in [-0.15, -0.1) is 0 Å². The normalized spacial score (nSPS) is 9.05. The number of nitrogens with zero attached hydrogens (tertiary/aromatic N) is 2. The lowest BCUT2D eigenvalue weighted by Gasteiger charge is -1.99. The summed E-state index contributed by atoms with van der Waals surface area (Å²) in [4.78, 5) is 0. The molecule has 0 aliphatic carbocycles. The van der Waals surface area contributed by atoms with Gasteiger partial charge in [0.15, 0.2) is 0 Å². The second-order valence-corrected chi connectivity index (χ2v) is 6.13. The number of nitriles is 2. The third kappa shape index (κ3) is 4.91. The fourth-order valence-electron chi connectivity index (χ4n) is 1.23. The lowest BCUT2D eigenvalue weighted by molar-refractivity contribution is 0.468. The number of phenolic OH excluding ortho intramolecular Hbond substituents is 1. The summed E-state index contributed by atoms with van der Waals surface area (Å²) in [5, 5.41) is 27.0. The molecule has 21 heavy (non-hydrogen) atoms. The van der Waals surface area contributed by atoms with Crippen LogP contribution in [0.15, 0.2) is 39.3 Å². The molecular weight excluding hydrogens is 443 g/mol. The molecule has 0 fully saturated rings. The van der Waals surface area contributed by atoms with E-state index in [1.54, 1.807) is 30.3 Å². The summed E-state index contributed by atoms with van der Waals surface area (Å²) in [6, 6.07) is 11.9. The number of phenols is 1. The molecule has 0 saturated heterocycles. The maximum atomic E-state index is 9.22. The Balaban J connectivity index is 0.000000211. The number of hydrogen-bond donors (Lipinski definition) is 1. The van der Waals surface area contributed by atoms with E-state index < -0.39 is 0 Å². The standard InChI is InChI=1S/C7H3Br2NO.C7H3Cl2N/c8-5-1-4(3-10)2-6(9)7(5)11;8-6-2-1-3-7(9)5(6)4-10/h1-2,11H;1-3H. The van der Waals surface area contributed by atoms with Crippen molar-refractivity contribution in [1.29, 1.82) is 10.5 Å². The molecule has 2 aromatic rings. The first kappa shape index (κ1) is 17.8. The Kier molecular flexibility index (Phi) is 7.01. The molecule has 7 heteroatoms. The summed E-state index contributed by atoms with van der Waals surface area (Å²) in [6.07, 6.45) is 0. The van der Waals surface area contributed by atoms with E-state index in [0.717, 1.165) is 0 Å². The van der Waals surface area contributed by atoms with E-state index >= 15 is 0 Å². The Labute approximate surface area is 148 Å². The summed E-state index contributed by atoms with van der Waals surface area (Å²) in [5.41, 5.74) is 0.840. The average Bonchev–Trinajstić information content (AvgIpc) is 2.45. The minimum absolute atomic E-state index is 0.115. The maximum absolute atomic E-state index is 9.22. The number of benzene rings is 2. The molecule has 0 aromatic heterocycles. The fourth-order valence-corrected chi connectivity index (χ4v) is 2.90. The maximum Gasteiger partial charge on any atom is 0.144 e. The van der Waals surface area contributed by atoms with Gasteiger partial charge < -0.3 is 5.11 Å². The van der Waals surface area contributed by atoms with Crippen molar-refractivity contribution in [2.75, 3.05) is 0 Å². The molecule has 3 nitrogen and oxygen atoms in total. The van der Waals surface area contributed by atoms with E-state index in [1.807, 2.05) is 12.1 Å². The van der Waals surface area contributed by atoms with Crippen molar-refractivity contribution in [1.82, 2.24) is 0 Å². The topological polar surface area (TPSA) is 67.8 Å². The summed E-state index contributed by atoms with van der Waals surface area (Å²) in [7, 11) is 0. The van der Waals surface area contributed by atoms with Crippen molar-refractivity contribution >= 4 is 55.1 Å². The molecule has 0 amide bonds. The molecule has 0 saturated carbocycles. The molecule has 0 bridgehead atoms. The van der Waals surface area contributed by atoms with E-state index in [0.29, 0.717) is 30.1 Å². The first-order valence-corrected chi connectivity index (χ1v) is 7.67. The zero-order chi connectivity index (χ0) is 16.0. The average molecular weight is 449 g/mol. The van der Waals surface area contributed by atoms with Crippen LogP contribution in [0.25, 0.3) is 0 Å². The third-order valence-electron chi connectivity index (χ3n) is 2.22. The molecule has 2 rings (SSSR count). The molecule has 0 unspecified atom stereocenters. The van der Waals surface area contributed by atoms with Gasteiger partial charge in [0.25, 0.3) is 0 Å². The van der Waals surface area contributed by atoms with Crippen molar-refractivity contribution in [3.05, 3.63) is 60.4 Å². The van der Waals surface area contributed by atoms with Crippen LogP contribution in [0.4, 0.5) is 0 Å². The first-order valence-electron chi connectivity index (χ1n) is 5.33. The quantitative estimate of drug-likeness (QED) is 0.565. The molecule has 0 radical (unpaired) electrons. The van der Waals surface area contributed by atoms with Gasteiger partial charge in [-0.2, -0.15) is 10.5 Å². The number of aromatic hydroxyl groups is 1. The molecule has 0 aliphatic rings. The molecule has 1 N–H and O–H groups in total. The minimum atomic E-state index is 0.115. The van der Waals surface area contributed by atoms with Crippen molar-refractivity contribution in [2.45, 2.75) is 0 Å². The Morgan fingerprint density at radius 2 is 1.43 bits per heavy atom. The van der Waals surface area contributed by atoms with Crippen LogP contribution in [-0.2, 0) is 0 Å². The predicted molar refractivity (Wildman–Crippen MR) is 89.4 cm³/mol. The van der Waals surface area contributed by atoms with Crippen molar-refractivity contribution < 1.29 is 5.11 Å². The lowest BCUT2D eigenvalue weighted by Crippen LogP contribution is -1.76. The van der Waals surface area contributed by atoms with Gasteiger partial charge in [-0.25, -0.2) is 0 Å². The van der Waals surface area contributed by atoms with Gasteiger partial charge in [-0.3, -0.25) is 0 Å². The molecular formula is C14H6Br2Cl2N2O. The highest BCUT2D eigenvalue weighted by Crippen LogP contribution is 2.32. The molecule has 0 aliphatic heterocycles. The van der Waals surface area contributed by atoms with Crippen molar-refractivity contribution in [2.24, 2.45) is 0 Å². The van der Waals surface area contributed by atoms with Crippen molar-refractivity contribution in [3.63, 3.8) is 0 Å². The molecule has 106 valence electrons. The highest BCUT2D eigenvalue weighted by atomic mass is 79.9. The molecule has 2 aromatic carbocycles. The largest absolute Gasteiger partial charge is 0.506 e. The summed E-state index contributed by atoms with van der Waals surface area (Å²) >= 11 is 17.5. The van der Waals surface area contributed by atoms with Gasteiger partial charge in [0.05, 0.1) is 36.2 Å². The van der Waals surface area contributed by atoms with E-state index in [1.165, 1.54) is 0 Å². The van der Waals surface area contributed by atoms with Crippen molar-refractivity contribution in [3.8, 4) is 17.9 Å². The number of halogens is 4. The van der Waals surface area contributed by atoms with Crippen LogP contribution >= 0.6 is 55.1 Å². The molecule has 0 atom stereocenters. The Morgan fingerprint density at radius 3 is 1.76 bits per heavy atom. The molecule has 0 heterocycles. The predicted octanol–water partition coefficient (Wildman–Crippen LogP) is 5.65. The lowest BCUT2D eigenvalue weighted by atomic mass is 10.2. The van der Waals surface area contributed by atoms with Crippen LogP contribution in [0, 0.1) is 22.7 Å². The van der Waals surface area contributed by atoms with Crippen LogP contribution in [-0.4, -0.2) is 5.11 Å². The Morgan fingerprint density at radius 1 is 0.952 bits per heavy atom. The Hall–Kier alpha value is -1.24. The van der Waals surface area contributed by atoms with E-state index in [9.17, 15) is 5.11 Å². The van der Waals surface area contributed by atoms with Gasteiger partial charge in [-0.05, 0) is 56.1 Å². The van der Waals surface area contributed by atoms with Crippen LogP contribution < -0.4 is 0 Å². The van der Waals surface area contributed by atoms with Crippen LogP contribution in [0.3, 0.4) is 0 Å². The SMILES string of the molecule is N#Cc1c(Cl)cccc1Cl.N#Cc1cc(Br)c(O)c(Br)c1. The summed E-state index contributed by atoms with van der Waals surface area (Å²) in [6.45, 7) is 0. The van der Waals surface area contributed by atoms with Gasteiger partial charge in [-0.1, -0.05) is 29.3 Å². The van der Waals surface area contributed by atoms with E-state index in [4.69, 9.17) is 33.7 Å². The fraction of sp³-hybridized carbons (Fsp3) is 0. The van der Waals surface area contributed by atoms with Crippen LogP contribution in [0.5, 0.6) is 5.75 Å². The number of hydrogen-bond acceptors (Lipinski definition) is 3. The van der Waals surface area contributed by atoms with Gasteiger partial charge in [0.2, 0.25) is 0 Å². The number of rotatable bonds is 0. The zero-order valence-electron chi connectivity index (χ0n) is 10.2. The first-order chi connectivity index (χ1) is 9.90. The van der Waals surface area contributed by atoms with Gasteiger partial charge in [0.1, 0.15) is 11.8 Å². The van der Waals surface area contributed by atoms with E-state index in [2.05, 4.69) is 31.9 Å². The van der Waals surface area contributed by atoms with Crippen LogP contribution in [0.2, 0.25) is 10.0 Å². The Bertz CT molecular complexity index is 708. The second-order valence-electron chi connectivity index (χ2n) is 3.61. The molecule has 0 spiro atoms.